The summed E-state index contributed by atoms with van der Waals surface area (Å²) in [5, 5.41) is 1.11. The van der Waals surface area contributed by atoms with E-state index in [4.69, 9.17) is 27.9 Å². The highest BCUT2D eigenvalue weighted by Crippen LogP contribution is 2.29. The van der Waals surface area contributed by atoms with E-state index in [9.17, 15) is 4.79 Å². The zero-order chi connectivity index (χ0) is 15.5. The van der Waals surface area contributed by atoms with Crippen LogP contribution in [0.25, 0.3) is 11.8 Å². The quantitative estimate of drug-likeness (QED) is 0.744. The molecule has 0 radical (unpaired) electrons. The molecule has 0 atom stereocenters. The van der Waals surface area contributed by atoms with Crippen LogP contribution >= 0.6 is 23.2 Å². The van der Waals surface area contributed by atoms with Crippen molar-refractivity contribution in [2.75, 3.05) is 13.2 Å². The maximum absolute atomic E-state index is 11.9. The second-order valence-electron chi connectivity index (χ2n) is 4.83. The molecule has 0 spiro atoms. The van der Waals surface area contributed by atoms with Crippen molar-refractivity contribution in [1.29, 1.82) is 0 Å². The molecule has 1 saturated heterocycles. The van der Waals surface area contributed by atoms with Crippen molar-refractivity contribution in [2.24, 2.45) is 0 Å². The zero-order valence-electron chi connectivity index (χ0n) is 11.6. The highest BCUT2D eigenvalue weighted by atomic mass is 35.5. The van der Waals surface area contributed by atoms with Gasteiger partial charge in [-0.25, -0.2) is 4.79 Å². The summed E-state index contributed by atoms with van der Waals surface area (Å²) in [7, 11) is 0. The van der Waals surface area contributed by atoms with Gasteiger partial charge in [-0.2, -0.15) is 0 Å². The van der Waals surface area contributed by atoms with E-state index >= 15 is 0 Å². The number of hydrogen-bond acceptors (Lipinski definition) is 2. The SMILES string of the molecule is O=C1OCCN1/C(=C\c1ccc(Cl)cc1Cl)c1ccccc1. The van der Waals surface area contributed by atoms with Crippen LogP contribution < -0.4 is 0 Å². The molecule has 22 heavy (non-hydrogen) atoms. The molecule has 3 nitrogen and oxygen atoms in total. The number of carbonyl (C=O) groups excluding carboxylic acids is 1. The van der Waals surface area contributed by atoms with Gasteiger partial charge in [0.25, 0.3) is 0 Å². The largest absolute Gasteiger partial charge is 0.447 e. The summed E-state index contributed by atoms with van der Waals surface area (Å²) in [6.07, 6.45) is 1.53. The van der Waals surface area contributed by atoms with Gasteiger partial charge in [0.05, 0.1) is 12.2 Å². The minimum Gasteiger partial charge on any atom is -0.447 e. The van der Waals surface area contributed by atoms with Crippen LogP contribution in [0.5, 0.6) is 0 Å². The summed E-state index contributed by atoms with van der Waals surface area (Å²) < 4.78 is 5.05. The van der Waals surface area contributed by atoms with E-state index in [2.05, 4.69) is 0 Å². The van der Waals surface area contributed by atoms with Gasteiger partial charge in [0.2, 0.25) is 0 Å². The molecule has 1 amide bonds. The molecule has 1 aliphatic rings. The van der Waals surface area contributed by atoms with E-state index in [1.54, 1.807) is 17.0 Å². The Morgan fingerprint density at radius 1 is 1.14 bits per heavy atom. The third-order valence-corrected chi connectivity index (χ3v) is 3.94. The first kappa shape index (κ1) is 14.9. The molecular weight excluding hydrogens is 321 g/mol. The van der Waals surface area contributed by atoms with Crippen molar-refractivity contribution < 1.29 is 9.53 Å². The lowest BCUT2D eigenvalue weighted by atomic mass is 10.1. The maximum atomic E-state index is 11.9. The van der Waals surface area contributed by atoms with Crippen molar-refractivity contribution in [3.63, 3.8) is 0 Å². The van der Waals surface area contributed by atoms with Gasteiger partial charge in [0, 0.05) is 10.0 Å². The fourth-order valence-corrected chi connectivity index (χ4v) is 2.77. The van der Waals surface area contributed by atoms with Crippen molar-refractivity contribution >= 4 is 41.1 Å². The summed E-state index contributed by atoms with van der Waals surface area (Å²) in [6, 6.07) is 14.9. The molecule has 0 aliphatic carbocycles. The molecule has 1 aliphatic heterocycles. The Hall–Kier alpha value is -1.97. The first-order chi connectivity index (χ1) is 10.6. The molecule has 5 heteroatoms. The minimum absolute atomic E-state index is 0.347. The highest BCUT2D eigenvalue weighted by Gasteiger charge is 2.26. The molecule has 0 bridgehead atoms. The molecule has 1 heterocycles. The fraction of sp³-hybridized carbons (Fsp3) is 0.118. The molecule has 2 aromatic carbocycles. The van der Waals surface area contributed by atoms with E-state index in [0.29, 0.717) is 23.2 Å². The first-order valence-corrected chi connectivity index (χ1v) is 7.57. The standard InChI is InChI=1S/C17H13Cl2NO2/c18-14-7-6-13(15(19)11-14)10-16(12-4-2-1-3-5-12)20-8-9-22-17(20)21/h1-7,10-11H,8-9H2/b16-10-. The fourth-order valence-electron chi connectivity index (χ4n) is 2.30. The van der Waals surface area contributed by atoms with Crippen molar-refractivity contribution in [1.82, 2.24) is 4.90 Å². The normalized spacial score (nSPS) is 15.1. The summed E-state index contributed by atoms with van der Waals surface area (Å²) in [4.78, 5) is 13.5. The Balaban J connectivity index is 2.08. The van der Waals surface area contributed by atoms with Gasteiger partial charge in [-0.1, -0.05) is 59.6 Å². The van der Waals surface area contributed by atoms with Crippen LogP contribution in [0, 0.1) is 0 Å². The molecule has 0 N–H and O–H groups in total. The molecule has 0 aromatic heterocycles. The number of benzene rings is 2. The Bertz CT molecular complexity index is 729. The number of amides is 1. The number of cyclic esters (lactones) is 1. The van der Waals surface area contributed by atoms with Gasteiger partial charge in [0.1, 0.15) is 6.61 Å². The average molecular weight is 334 g/mol. The van der Waals surface area contributed by atoms with Crippen LogP contribution in [-0.2, 0) is 4.74 Å². The molecule has 0 unspecified atom stereocenters. The molecule has 3 rings (SSSR count). The number of carbonyl (C=O) groups is 1. The topological polar surface area (TPSA) is 29.5 Å². The lowest BCUT2D eigenvalue weighted by molar-refractivity contribution is 0.167. The van der Waals surface area contributed by atoms with E-state index in [1.807, 2.05) is 42.5 Å². The molecule has 2 aromatic rings. The Morgan fingerprint density at radius 3 is 2.55 bits per heavy atom. The predicted molar refractivity (Wildman–Crippen MR) is 88.8 cm³/mol. The molecule has 0 saturated carbocycles. The minimum atomic E-state index is -0.347. The Morgan fingerprint density at radius 2 is 1.91 bits per heavy atom. The number of hydrogen-bond donors (Lipinski definition) is 0. The monoisotopic (exact) mass is 333 g/mol. The molecule has 112 valence electrons. The lowest BCUT2D eigenvalue weighted by Gasteiger charge is -2.18. The highest BCUT2D eigenvalue weighted by molar-refractivity contribution is 6.35. The third kappa shape index (κ3) is 3.11. The Labute approximate surface area is 138 Å². The number of ether oxygens (including phenoxy) is 1. The van der Waals surface area contributed by atoms with Gasteiger partial charge in [0.15, 0.2) is 0 Å². The van der Waals surface area contributed by atoms with E-state index in [1.165, 1.54) is 0 Å². The van der Waals surface area contributed by atoms with E-state index in [-0.39, 0.29) is 6.09 Å². The van der Waals surface area contributed by atoms with Crippen molar-refractivity contribution in [2.45, 2.75) is 0 Å². The summed E-state index contributed by atoms with van der Waals surface area (Å²) >= 11 is 12.2. The van der Waals surface area contributed by atoms with E-state index in [0.717, 1.165) is 16.8 Å². The van der Waals surface area contributed by atoms with Gasteiger partial charge in [-0.15, -0.1) is 0 Å². The van der Waals surface area contributed by atoms with Crippen LogP contribution in [0.3, 0.4) is 0 Å². The van der Waals surface area contributed by atoms with Crippen LogP contribution in [0.15, 0.2) is 48.5 Å². The number of halogens is 2. The van der Waals surface area contributed by atoms with Gasteiger partial charge >= 0.3 is 6.09 Å². The Kier molecular flexibility index (Phi) is 4.36. The summed E-state index contributed by atoms with van der Waals surface area (Å²) in [5.74, 6) is 0. The summed E-state index contributed by atoms with van der Waals surface area (Å²) in [5.41, 5.74) is 2.48. The van der Waals surface area contributed by atoms with E-state index < -0.39 is 0 Å². The molecular formula is C17H13Cl2NO2. The summed E-state index contributed by atoms with van der Waals surface area (Å²) in [6.45, 7) is 0.905. The second-order valence-corrected chi connectivity index (χ2v) is 5.67. The molecule has 1 fully saturated rings. The van der Waals surface area contributed by atoms with Crippen LogP contribution in [-0.4, -0.2) is 24.1 Å². The number of rotatable bonds is 3. The van der Waals surface area contributed by atoms with Crippen LogP contribution in [0.1, 0.15) is 11.1 Å². The van der Waals surface area contributed by atoms with Crippen LogP contribution in [0.4, 0.5) is 4.79 Å². The second kappa shape index (κ2) is 6.42. The smallest absolute Gasteiger partial charge is 0.414 e. The lowest BCUT2D eigenvalue weighted by Crippen LogP contribution is -2.22. The first-order valence-electron chi connectivity index (χ1n) is 6.81. The van der Waals surface area contributed by atoms with Crippen molar-refractivity contribution in [3.8, 4) is 0 Å². The van der Waals surface area contributed by atoms with Gasteiger partial charge in [-0.05, 0) is 29.3 Å². The number of nitrogens with zero attached hydrogens (tertiary/aromatic N) is 1. The zero-order valence-corrected chi connectivity index (χ0v) is 13.1. The van der Waals surface area contributed by atoms with Crippen molar-refractivity contribution in [3.05, 3.63) is 69.7 Å². The van der Waals surface area contributed by atoms with Gasteiger partial charge in [-0.3, -0.25) is 4.90 Å². The maximum Gasteiger partial charge on any atom is 0.414 e. The van der Waals surface area contributed by atoms with Gasteiger partial charge < -0.3 is 4.74 Å². The third-order valence-electron chi connectivity index (χ3n) is 3.38. The predicted octanol–water partition coefficient (Wildman–Crippen LogP) is 4.94. The average Bonchev–Trinajstić information content (AvgIpc) is 2.93. The van der Waals surface area contributed by atoms with Crippen LogP contribution in [0.2, 0.25) is 10.0 Å².